The second-order valence-electron chi connectivity index (χ2n) is 6.23. The molecule has 5 heteroatoms. The van der Waals surface area contributed by atoms with Gasteiger partial charge in [-0.05, 0) is 18.9 Å². The molecule has 1 aromatic carbocycles. The predicted octanol–water partition coefficient (Wildman–Crippen LogP) is 4.16. The number of aryl methyl sites for hydroxylation is 3. The van der Waals surface area contributed by atoms with Crippen molar-refractivity contribution in [1.82, 2.24) is 14.5 Å². The number of imidazole rings is 1. The van der Waals surface area contributed by atoms with Crippen LogP contribution in [0.1, 0.15) is 27.5 Å². The largest absolute Gasteiger partial charge is 0.342 e. The summed E-state index contributed by atoms with van der Waals surface area (Å²) in [5.41, 5.74) is 2.96. The van der Waals surface area contributed by atoms with E-state index in [1.165, 1.54) is 4.88 Å². The van der Waals surface area contributed by atoms with E-state index in [-0.39, 0.29) is 5.91 Å². The van der Waals surface area contributed by atoms with Gasteiger partial charge in [0, 0.05) is 55.3 Å². The minimum Gasteiger partial charge on any atom is -0.342 e. The molecule has 0 aliphatic carbocycles. The zero-order chi connectivity index (χ0) is 17.8. The van der Waals surface area contributed by atoms with Gasteiger partial charge in [0.1, 0.15) is 5.82 Å². The first-order valence-electron chi connectivity index (χ1n) is 8.43. The van der Waals surface area contributed by atoms with Crippen LogP contribution in [-0.4, -0.2) is 34.0 Å². The number of aromatic nitrogens is 2. The Balaban J connectivity index is 1.70. The minimum absolute atomic E-state index is 0.0862. The highest BCUT2D eigenvalue weighted by Gasteiger charge is 2.20. The third-order valence-corrected chi connectivity index (χ3v) is 5.34. The van der Waals surface area contributed by atoms with Gasteiger partial charge in [0.05, 0.1) is 5.56 Å². The lowest BCUT2D eigenvalue weighted by Gasteiger charge is -2.18. The molecule has 0 unspecified atom stereocenters. The van der Waals surface area contributed by atoms with Crippen LogP contribution in [0.3, 0.4) is 0 Å². The number of thiophene rings is 1. The summed E-state index contributed by atoms with van der Waals surface area (Å²) in [6, 6.07) is 10.1. The fourth-order valence-corrected chi connectivity index (χ4v) is 3.85. The van der Waals surface area contributed by atoms with Gasteiger partial charge in [-0.25, -0.2) is 4.98 Å². The minimum atomic E-state index is 0.0862. The Morgan fingerprint density at radius 2 is 2.04 bits per heavy atom. The molecule has 0 fully saturated rings. The van der Waals surface area contributed by atoms with Gasteiger partial charge in [0.15, 0.2) is 0 Å². The van der Waals surface area contributed by atoms with Gasteiger partial charge >= 0.3 is 0 Å². The summed E-state index contributed by atoms with van der Waals surface area (Å²) >= 11 is 1.63. The molecule has 0 aliphatic heterocycles. The van der Waals surface area contributed by atoms with E-state index < -0.39 is 0 Å². The predicted molar refractivity (Wildman–Crippen MR) is 103 cm³/mol. The van der Waals surface area contributed by atoms with Gasteiger partial charge in [0.25, 0.3) is 5.91 Å². The monoisotopic (exact) mass is 353 g/mol. The van der Waals surface area contributed by atoms with Crippen LogP contribution in [0.25, 0.3) is 11.1 Å². The van der Waals surface area contributed by atoms with Crippen LogP contribution >= 0.6 is 11.3 Å². The molecule has 0 aliphatic rings. The zero-order valence-corrected chi connectivity index (χ0v) is 15.7. The summed E-state index contributed by atoms with van der Waals surface area (Å²) < 4.78 is 2.03. The van der Waals surface area contributed by atoms with Crippen molar-refractivity contribution in [2.75, 3.05) is 13.6 Å². The smallest absolute Gasteiger partial charge is 0.255 e. The number of hydrogen-bond acceptors (Lipinski definition) is 3. The molecule has 0 radical (unpaired) electrons. The summed E-state index contributed by atoms with van der Waals surface area (Å²) in [6.45, 7) is 2.79. The van der Waals surface area contributed by atoms with Crippen molar-refractivity contribution in [2.45, 2.75) is 19.8 Å². The highest BCUT2D eigenvalue weighted by molar-refractivity contribution is 7.10. The first kappa shape index (κ1) is 17.4. The Hall–Kier alpha value is -2.40. The topological polar surface area (TPSA) is 38.1 Å². The van der Waals surface area contributed by atoms with E-state index in [4.69, 9.17) is 0 Å². The van der Waals surface area contributed by atoms with Crippen LogP contribution in [0.15, 0.2) is 48.1 Å². The summed E-state index contributed by atoms with van der Waals surface area (Å²) in [5.74, 6) is 1.14. The Morgan fingerprint density at radius 3 is 2.72 bits per heavy atom. The lowest BCUT2D eigenvalue weighted by molar-refractivity contribution is 0.0794. The van der Waals surface area contributed by atoms with Crippen LogP contribution < -0.4 is 0 Å². The fraction of sp³-hybridized carbons (Fsp3) is 0.300. The van der Waals surface area contributed by atoms with E-state index in [2.05, 4.69) is 24.0 Å². The molecule has 2 aromatic heterocycles. The van der Waals surface area contributed by atoms with Gasteiger partial charge in [-0.1, -0.05) is 30.3 Å². The van der Waals surface area contributed by atoms with E-state index in [0.717, 1.165) is 41.9 Å². The average molecular weight is 353 g/mol. The third kappa shape index (κ3) is 3.82. The number of carbonyl (C=O) groups is 1. The Labute approximate surface area is 152 Å². The lowest BCUT2D eigenvalue weighted by atomic mass is 10.0. The van der Waals surface area contributed by atoms with Crippen molar-refractivity contribution in [2.24, 2.45) is 7.05 Å². The molecule has 0 spiro atoms. The maximum Gasteiger partial charge on any atom is 0.255 e. The first-order valence-corrected chi connectivity index (χ1v) is 9.31. The summed E-state index contributed by atoms with van der Waals surface area (Å²) in [4.78, 5) is 20.3. The molecule has 0 N–H and O–H groups in total. The van der Waals surface area contributed by atoms with Crippen molar-refractivity contribution < 1.29 is 4.79 Å². The van der Waals surface area contributed by atoms with Crippen molar-refractivity contribution in [3.63, 3.8) is 0 Å². The van der Waals surface area contributed by atoms with Gasteiger partial charge in [-0.3, -0.25) is 4.79 Å². The lowest BCUT2D eigenvalue weighted by Crippen LogP contribution is -2.28. The number of benzene rings is 1. The van der Waals surface area contributed by atoms with E-state index in [9.17, 15) is 4.79 Å². The average Bonchev–Trinajstić information content (AvgIpc) is 3.20. The maximum absolute atomic E-state index is 12.9. The molecule has 0 saturated heterocycles. The highest BCUT2D eigenvalue weighted by atomic mass is 32.1. The summed E-state index contributed by atoms with van der Waals surface area (Å²) in [6.07, 6.45) is 5.53. The molecule has 3 rings (SSSR count). The van der Waals surface area contributed by atoms with Crippen LogP contribution in [0.4, 0.5) is 0 Å². The second-order valence-corrected chi connectivity index (χ2v) is 7.32. The molecule has 130 valence electrons. The van der Waals surface area contributed by atoms with Crippen LogP contribution in [0.2, 0.25) is 0 Å². The first-order chi connectivity index (χ1) is 12.1. The van der Waals surface area contributed by atoms with Gasteiger partial charge < -0.3 is 9.47 Å². The molecular formula is C20H23N3OS. The Bertz CT molecular complexity index is 851. The quantitative estimate of drug-likeness (QED) is 0.667. The zero-order valence-electron chi connectivity index (χ0n) is 14.9. The summed E-state index contributed by atoms with van der Waals surface area (Å²) in [7, 11) is 3.87. The number of carbonyl (C=O) groups excluding carboxylic acids is 1. The normalized spacial score (nSPS) is 10.8. The molecule has 2 heterocycles. The SMILES string of the molecule is Cc1scc(C(=O)N(C)CCCc2nccn2C)c1-c1ccccc1. The Morgan fingerprint density at radius 1 is 1.28 bits per heavy atom. The molecule has 0 atom stereocenters. The van der Waals surface area contributed by atoms with Gasteiger partial charge in [-0.2, -0.15) is 0 Å². The van der Waals surface area contributed by atoms with Gasteiger partial charge in [0.2, 0.25) is 0 Å². The molecular weight excluding hydrogens is 330 g/mol. The molecule has 0 bridgehead atoms. The molecule has 25 heavy (non-hydrogen) atoms. The van der Waals surface area contributed by atoms with Crippen LogP contribution in [0, 0.1) is 6.92 Å². The van der Waals surface area contributed by atoms with Crippen molar-refractivity contribution in [1.29, 1.82) is 0 Å². The van der Waals surface area contributed by atoms with Crippen molar-refractivity contribution in [3.8, 4) is 11.1 Å². The number of rotatable bonds is 6. The maximum atomic E-state index is 12.9. The standard InChI is InChI=1S/C20H23N3OS/c1-15-19(16-8-5-4-6-9-16)17(14-25-15)20(24)23(3)12-7-10-18-21-11-13-22(18)2/h4-6,8-9,11,13-14H,7,10,12H2,1-3H3. The molecule has 0 saturated carbocycles. The van der Waals surface area contributed by atoms with E-state index in [1.54, 1.807) is 11.3 Å². The molecule has 3 aromatic rings. The second kappa shape index (κ2) is 7.66. The number of amides is 1. The van der Waals surface area contributed by atoms with Crippen molar-refractivity contribution in [3.05, 3.63) is 64.4 Å². The third-order valence-electron chi connectivity index (χ3n) is 4.43. The molecule has 4 nitrogen and oxygen atoms in total. The van der Waals surface area contributed by atoms with Crippen LogP contribution in [-0.2, 0) is 13.5 Å². The Kier molecular flexibility index (Phi) is 5.34. The number of hydrogen-bond donors (Lipinski definition) is 0. The highest BCUT2D eigenvalue weighted by Crippen LogP contribution is 2.32. The van der Waals surface area contributed by atoms with E-state index >= 15 is 0 Å². The summed E-state index contributed by atoms with van der Waals surface area (Å²) in [5, 5.41) is 1.98. The molecule has 1 amide bonds. The van der Waals surface area contributed by atoms with Crippen molar-refractivity contribution >= 4 is 17.2 Å². The fourth-order valence-electron chi connectivity index (χ4n) is 2.99. The van der Waals surface area contributed by atoms with E-state index in [0.29, 0.717) is 0 Å². The van der Waals surface area contributed by atoms with Crippen LogP contribution in [0.5, 0.6) is 0 Å². The van der Waals surface area contributed by atoms with Gasteiger partial charge in [-0.15, -0.1) is 11.3 Å². The number of nitrogens with zero attached hydrogens (tertiary/aromatic N) is 3. The van der Waals surface area contributed by atoms with E-state index in [1.807, 2.05) is 59.5 Å².